The molecule has 0 spiro atoms. The number of carbonyl (C=O) groups is 2. The van der Waals surface area contributed by atoms with Crippen molar-refractivity contribution in [3.63, 3.8) is 0 Å². The number of amides is 2. The molecule has 4 N–H and O–H groups in total. The number of aliphatic imine (C=N–C) groups is 1. The topological polar surface area (TPSA) is 245 Å². The normalized spacial score (nSPS) is 13.3. The van der Waals surface area contributed by atoms with Crippen LogP contribution in [0.4, 0.5) is 5.69 Å². The number of sulfonamides is 1. The summed E-state index contributed by atoms with van der Waals surface area (Å²) in [7, 11) is -3.98. The number of rotatable bonds is 21. The van der Waals surface area contributed by atoms with E-state index >= 15 is 0 Å². The number of nitrogens with zero attached hydrogens (tertiary/aromatic N) is 8. The third-order valence-electron chi connectivity index (χ3n) is 11.4. The molecule has 1 aliphatic rings. The van der Waals surface area contributed by atoms with E-state index in [4.69, 9.17) is 30.8 Å². The smallest absolute Gasteiger partial charge is 0.261 e. The molecule has 7 aromatic rings. The van der Waals surface area contributed by atoms with Crippen LogP contribution in [0.1, 0.15) is 72.9 Å². The molecule has 0 radical (unpaired) electrons. The van der Waals surface area contributed by atoms with E-state index in [0.29, 0.717) is 89.7 Å². The van der Waals surface area contributed by atoms with Gasteiger partial charge in [-0.05, 0) is 81.3 Å². The number of hydrogen-bond acceptors (Lipinski definition) is 14. The number of H-pyrrole nitrogens is 1. The number of fused-ring (bicyclic) bond motifs is 4. The van der Waals surface area contributed by atoms with E-state index in [0.717, 1.165) is 37.8 Å². The summed E-state index contributed by atoms with van der Waals surface area (Å²) in [6.45, 7) is 10.8. The molecule has 0 bridgehead atoms. The summed E-state index contributed by atoms with van der Waals surface area (Å²) < 4.78 is 49.4. The lowest BCUT2D eigenvalue weighted by Crippen LogP contribution is -2.27. The van der Waals surface area contributed by atoms with Crippen molar-refractivity contribution in [1.29, 1.82) is 5.26 Å². The van der Waals surface area contributed by atoms with Crippen molar-refractivity contribution in [2.45, 2.75) is 58.1 Å². The monoisotopic (exact) mass is 992 g/mol. The maximum absolute atomic E-state index is 13.4. The standard InChI is InChI=1S/C47H49ClN12O7S2/c1-28-5-14-38(44-41(28)34(24-49)25-52-44)57-69(63,64)37-12-8-33(9-13-37)46(62)50-15-17-65-19-21-67-22-20-66-18-16-59-27-36(55-58-59)26-51-40(61)23-39-45-56-54-31(4)60(45)47-42(29(2)30(3)68-47)43(53-39)32-6-10-35(48)11-7-32/h5-14,25,27,39,52,57H,15-23,26H2,1-4H3,(H,50,62)(H,51,61)/t39-/m0/s1. The summed E-state index contributed by atoms with van der Waals surface area (Å²) in [5.41, 5.74) is 6.75. The van der Waals surface area contributed by atoms with Crippen LogP contribution < -0.4 is 15.4 Å². The molecule has 19 nitrogen and oxygen atoms in total. The van der Waals surface area contributed by atoms with E-state index < -0.39 is 16.1 Å². The second-order valence-corrected chi connectivity index (χ2v) is 19.4. The molecule has 0 unspecified atom stereocenters. The zero-order valence-corrected chi connectivity index (χ0v) is 40.6. The molecule has 0 aliphatic carbocycles. The Morgan fingerprint density at radius 2 is 1.62 bits per heavy atom. The Morgan fingerprint density at radius 3 is 2.36 bits per heavy atom. The molecule has 0 saturated heterocycles. The Kier molecular flexibility index (Phi) is 15.3. The number of benzene rings is 3. The number of hydrogen-bond donors (Lipinski definition) is 4. The zero-order chi connectivity index (χ0) is 48.7. The number of thiophene rings is 1. The van der Waals surface area contributed by atoms with Gasteiger partial charge in [-0.1, -0.05) is 35.0 Å². The van der Waals surface area contributed by atoms with Gasteiger partial charge in [0.1, 0.15) is 28.6 Å². The molecule has 69 heavy (non-hydrogen) atoms. The minimum absolute atomic E-state index is 0.0213. The Morgan fingerprint density at radius 1 is 0.899 bits per heavy atom. The molecule has 1 atom stereocenters. The molecule has 3 aromatic carbocycles. The summed E-state index contributed by atoms with van der Waals surface area (Å²) in [6.07, 6.45) is 3.35. The van der Waals surface area contributed by atoms with Gasteiger partial charge in [0.25, 0.3) is 15.9 Å². The highest BCUT2D eigenvalue weighted by Gasteiger charge is 2.32. The van der Waals surface area contributed by atoms with E-state index in [2.05, 4.69) is 60.8 Å². The van der Waals surface area contributed by atoms with Crippen molar-refractivity contribution in [2.75, 3.05) is 50.9 Å². The van der Waals surface area contributed by atoms with Crippen molar-refractivity contribution in [3.8, 4) is 11.1 Å². The maximum atomic E-state index is 13.4. The number of anilines is 1. The Labute approximate surface area is 406 Å². The number of aryl methyl sites for hydroxylation is 3. The third kappa shape index (κ3) is 11.2. The molecule has 1 aliphatic heterocycles. The van der Waals surface area contributed by atoms with Gasteiger partial charge >= 0.3 is 0 Å². The van der Waals surface area contributed by atoms with Gasteiger partial charge in [0.15, 0.2) is 5.82 Å². The van der Waals surface area contributed by atoms with Crippen molar-refractivity contribution in [3.05, 3.63) is 134 Å². The maximum Gasteiger partial charge on any atom is 0.261 e. The van der Waals surface area contributed by atoms with Gasteiger partial charge in [0, 0.05) is 44.7 Å². The highest BCUT2D eigenvalue weighted by molar-refractivity contribution is 7.92. The van der Waals surface area contributed by atoms with Crippen LogP contribution in [0, 0.1) is 39.0 Å². The van der Waals surface area contributed by atoms with Gasteiger partial charge in [0.05, 0.1) is 92.7 Å². The molecule has 358 valence electrons. The van der Waals surface area contributed by atoms with Crippen LogP contribution in [0.3, 0.4) is 0 Å². The van der Waals surface area contributed by atoms with Crippen LogP contribution in [-0.2, 0) is 42.1 Å². The van der Waals surface area contributed by atoms with Gasteiger partial charge < -0.3 is 29.8 Å². The predicted molar refractivity (Wildman–Crippen MR) is 260 cm³/mol. The lowest BCUT2D eigenvalue weighted by molar-refractivity contribution is -0.121. The number of nitriles is 1. The number of nitrogens with one attached hydrogen (secondary N) is 4. The molecule has 0 fully saturated rings. The van der Waals surface area contributed by atoms with E-state index in [-0.39, 0.29) is 42.8 Å². The summed E-state index contributed by atoms with van der Waals surface area (Å²) in [5.74, 6) is 0.721. The first-order chi connectivity index (χ1) is 33.3. The molecule has 5 heterocycles. The van der Waals surface area contributed by atoms with Crippen LogP contribution in [-0.4, -0.2) is 107 Å². The quantitative estimate of drug-likeness (QED) is 0.0603. The lowest BCUT2D eigenvalue weighted by Gasteiger charge is -2.13. The fraction of sp³-hybridized carbons (Fsp3) is 0.319. The molecule has 0 saturated carbocycles. The van der Waals surface area contributed by atoms with Crippen molar-refractivity contribution in [2.24, 2.45) is 4.99 Å². The number of aromatic amines is 1. The van der Waals surface area contributed by atoms with Gasteiger partial charge in [-0.2, -0.15) is 5.26 Å². The lowest BCUT2D eigenvalue weighted by atomic mass is 9.99. The number of halogens is 1. The van der Waals surface area contributed by atoms with Gasteiger partial charge in [-0.3, -0.25) is 23.9 Å². The average Bonchev–Trinajstić information content (AvgIpc) is 4.13. The summed E-state index contributed by atoms with van der Waals surface area (Å²) in [4.78, 5) is 35.4. The van der Waals surface area contributed by atoms with Gasteiger partial charge in [-0.25, -0.2) is 13.1 Å². The number of carbonyl (C=O) groups excluding carboxylic acids is 2. The first-order valence-corrected chi connectivity index (χ1v) is 24.7. The highest BCUT2D eigenvalue weighted by atomic mass is 35.5. The summed E-state index contributed by atoms with van der Waals surface area (Å²) in [5, 5.41) is 34.6. The average molecular weight is 994 g/mol. The SMILES string of the molecule is Cc1sc2c(c1C)C(c1ccc(Cl)cc1)=N[C@@H](CC(=O)NCc1cn(CCOCCOCCOCCNC(=O)c3ccc(S(=O)(=O)Nc4ccc(C)c5c(C#N)c[nH]c45)cc3)nn1)c1nnc(C)n1-2. The second-order valence-electron chi connectivity index (χ2n) is 16.1. The highest BCUT2D eigenvalue weighted by Crippen LogP contribution is 2.40. The summed E-state index contributed by atoms with van der Waals surface area (Å²) >= 11 is 7.89. The van der Waals surface area contributed by atoms with Crippen molar-refractivity contribution < 1.29 is 32.2 Å². The minimum atomic E-state index is -3.98. The Hall–Kier alpha value is -6.80. The number of aromatic nitrogens is 7. The first-order valence-electron chi connectivity index (χ1n) is 22.0. The largest absolute Gasteiger partial charge is 0.377 e. The van der Waals surface area contributed by atoms with Gasteiger partial charge in [-0.15, -0.1) is 26.6 Å². The molecule has 4 aromatic heterocycles. The number of ether oxygens (including phenoxy) is 3. The third-order valence-corrected chi connectivity index (χ3v) is 14.2. The molecular formula is C47H49ClN12O7S2. The van der Waals surface area contributed by atoms with Crippen molar-refractivity contribution in [1.82, 2.24) is 45.4 Å². The first kappa shape index (κ1) is 48.6. The van der Waals surface area contributed by atoms with Crippen LogP contribution in [0.25, 0.3) is 15.9 Å². The molecule has 8 rings (SSSR count). The zero-order valence-electron chi connectivity index (χ0n) is 38.2. The predicted octanol–water partition coefficient (Wildman–Crippen LogP) is 6.04. The van der Waals surface area contributed by atoms with Crippen LogP contribution in [0.2, 0.25) is 5.02 Å². The summed E-state index contributed by atoms with van der Waals surface area (Å²) in [6, 6.07) is 18.0. The minimum Gasteiger partial charge on any atom is -0.377 e. The fourth-order valence-electron chi connectivity index (χ4n) is 7.72. The van der Waals surface area contributed by atoms with E-state index in [1.54, 1.807) is 40.5 Å². The molecular weight excluding hydrogens is 944 g/mol. The van der Waals surface area contributed by atoms with Crippen LogP contribution in [0.5, 0.6) is 0 Å². The molecule has 22 heteroatoms. The fourth-order valence-corrected chi connectivity index (χ4v) is 10.1. The van der Waals surface area contributed by atoms with Gasteiger partial charge in [0.2, 0.25) is 5.91 Å². The van der Waals surface area contributed by atoms with Crippen molar-refractivity contribution >= 4 is 67.1 Å². The Bertz CT molecular complexity index is 3170. The van der Waals surface area contributed by atoms with Crippen LogP contribution in [0.15, 0.2) is 82.9 Å². The molecule has 2 amide bonds. The van der Waals surface area contributed by atoms with E-state index in [9.17, 15) is 23.3 Å². The van der Waals surface area contributed by atoms with Crippen LogP contribution >= 0.6 is 22.9 Å². The van der Waals surface area contributed by atoms with E-state index in [1.807, 2.05) is 42.7 Å². The Balaban J connectivity index is 0.696. The van der Waals surface area contributed by atoms with E-state index in [1.165, 1.54) is 24.3 Å². The second kappa shape index (κ2) is 21.7.